The van der Waals surface area contributed by atoms with Gasteiger partial charge in [0.15, 0.2) is 6.10 Å². The molecular weight excluding hydrogens is 377 g/mol. The highest BCUT2D eigenvalue weighted by Crippen LogP contribution is 2.25. The molecule has 3 atom stereocenters. The number of rotatable bonds is 8. The number of hydrogen-bond acceptors (Lipinski definition) is 4. The molecule has 9 heteroatoms. The van der Waals surface area contributed by atoms with Gasteiger partial charge in [0, 0.05) is 0 Å². The lowest BCUT2D eigenvalue weighted by Crippen LogP contribution is -2.58. The van der Waals surface area contributed by atoms with Crippen LogP contribution < -0.4 is 10.6 Å². The van der Waals surface area contributed by atoms with Crippen molar-refractivity contribution < 1.29 is 32.6 Å². The van der Waals surface area contributed by atoms with Gasteiger partial charge in [-0.05, 0) is 17.4 Å². The minimum absolute atomic E-state index is 0.0134. The summed E-state index contributed by atoms with van der Waals surface area (Å²) in [6.45, 7) is 6.15. The Morgan fingerprint density at radius 2 is 1.61 bits per heavy atom. The summed E-state index contributed by atoms with van der Waals surface area (Å²) in [7, 11) is 0. The molecule has 0 fully saturated rings. The third-order valence-electron chi connectivity index (χ3n) is 4.14. The molecule has 0 saturated heterocycles. The lowest BCUT2D eigenvalue weighted by atomic mass is 9.96. The quantitative estimate of drug-likeness (QED) is 0.622. The van der Waals surface area contributed by atoms with Crippen LogP contribution in [0.1, 0.15) is 33.3 Å². The third kappa shape index (κ3) is 7.38. The van der Waals surface area contributed by atoms with Crippen molar-refractivity contribution >= 4 is 12.0 Å². The number of amides is 2. The van der Waals surface area contributed by atoms with E-state index in [1.165, 1.54) is 13.8 Å². The minimum atomic E-state index is -4.88. The molecule has 1 aromatic carbocycles. The van der Waals surface area contributed by atoms with Crippen molar-refractivity contribution in [1.82, 2.24) is 10.6 Å². The summed E-state index contributed by atoms with van der Waals surface area (Å²) >= 11 is 0. The highest BCUT2D eigenvalue weighted by atomic mass is 19.4. The van der Waals surface area contributed by atoms with Crippen LogP contribution in [-0.2, 0) is 16.1 Å². The van der Waals surface area contributed by atoms with E-state index in [4.69, 9.17) is 4.74 Å². The zero-order chi connectivity index (χ0) is 21.5. The van der Waals surface area contributed by atoms with Gasteiger partial charge in [-0.1, -0.05) is 58.0 Å². The van der Waals surface area contributed by atoms with Gasteiger partial charge in [-0.2, -0.15) is 13.2 Å². The van der Waals surface area contributed by atoms with Crippen molar-refractivity contribution in [3.05, 3.63) is 35.9 Å². The second-order valence-electron chi connectivity index (χ2n) is 7.19. The van der Waals surface area contributed by atoms with Gasteiger partial charge >= 0.3 is 12.3 Å². The van der Waals surface area contributed by atoms with Gasteiger partial charge in [0.2, 0.25) is 5.91 Å². The summed E-state index contributed by atoms with van der Waals surface area (Å²) in [5.74, 6) is -1.92. The second-order valence-corrected chi connectivity index (χ2v) is 7.19. The van der Waals surface area contributed by atoms with E-state index in [0.717, 1.165) is 5.56 Å². The summed E-state index contributed by atoms with van der Waals surface area (Å²) in [4.78, 5) is 24.5. The summed E-state index contributed by atoms with van der Waals surface area (Å²) in [6.07, 6.45) is -8.46. The number of benzene rings is 1. The first-order valence-electron chi connectivity index (χ1n) is 8.95. The van der Waals surface area contributed by atoms with Crippen LogP contribution in [0.4, 0.5) is 18.0 Å². The Hall–Kier alpha value is -2.29. The number of carbonyl (C=O) groups is 2. The molecule has 0 spiro atoms. The van der Waals surface area contributed by atoms with E-state index in [2.05, 4.69) is 10.6 Å². The van der Waals surface area contributed by atoms with Gasteiger partial charge in [0.1, 0.15) is 12.6 Å². The molecule has 28 heavy (non-hydrogen) atoms. The Balaban J connectivity index is 2.75. The SMILES string of the molecule is CC(C)[C@H](NC(=O)OCc1ccccc1)C(=O)N[C@@H](C(C)C)[C@H](O)C(F)(F)F. The van der Waals surface area contributed by atoms with Crippen molar-refractivity contribution in [3.8, 4) is 0 Å². The van der Waals surface area contributed by atoms with Crippen LogP contribution in [-0.4, -0.2) is 41.5 Å². The molecule has 0 aliphatic rings. The molecule has 0 heterocycles. The first kappa shape index (κ1) is 23.7. The van der Waals surface area contributed by atoms with Gasteiger partial charge in [-0.15, -0.1) is 0 Å². The number of aliphatic hydroxyl groups excluding tert-OH is 1. The minimum Gasteiger partial charge on any atom is -0.445 e. The van der Waals surface area contributed by atoms with E-state index in [-0.39, 0.29) is 6.61 Å². The highest BCUT2D eigenvalue weighted by Gasteiger charge is 2.45. The smallest absolute Gasteiger partial charge is 0.416 e. The Morgan fingerprint density at radius 1 is 1.04 bits per heavy atom. The fraction of sp³-hybridized carbons (Fsp3) is 0.579. The van der Waals surface area contributed by atoms with E-state index in [1.54, 1.807) is 38.1 Å². The summed E-state index contributed by atoms with van der Waals surface area (Å²) in [6, 6.07) is 6.21. The average Bonchev–Trinajstić information content (AvgIpc) is 2.61. The highest BCUT2D eigenvalue weighted by molar-refractivity contribution is 5.86. The average molecular weight is 404 g/mol. The molecular formula is C19H27F3N2O4. The van der Waals surface area contributed by atoms with E-state index >= 15 is 0 Å². The topological polar surface area (TPSA) is 87.7 Å². The molecule has 0 aliphatic carbocycles. The maximum absolute atomic E-state index is 12.9. The molecule has 0 saturated carbocycles. The molecule has 3 N–H and O–H groups in total. The first-order valence-corrected chi connectivity index (χ1v) is 8.95. The molecule has 1 rings (SSSR count). The summed E-state index contributed by atoms with van der Waals surface area (Å²) < 4.78 is 43.6. The third-order valence-corrected chi connectivity index (χ3v) is 4.14. The van der Waals surface area contributed by atoms with E-state index < -0.39 is 48.2 Å². The Labute approximate surface area is 162 Å². The Morgan fingerprint density at radius 3 is 2.07 bits per heavy atom. The number of aliphatic hydroxyl groups is 1. The van der Waals surface area contributed by atoms with Crippen LogP contribution in [0.3, 0.4) is 0 Å². The zero-order valence-corrected chi connectivity index (χ0v) is 16.3. The van der Waals surface area contributed by atoms with Gasteiger partial charge < -0.3 is 20.5 Å². The molecule has 1 aromatic rings. The van der Waals surface area contributed by atoms with Crippen LogP contribution in [0, 0.1) is 11.8 Å². The fourth-order valence-corrected chi connectivity index (χ4v) is 2.49. The largest absolute Gasteiger partial charge is 0.445 e. The Kier molecular flexibility index (Phi) is 8.74. The molecule has 2 amide bonds. The first-order chi connectivity index (χ1) is 12.9. The van der Waals surface area contributed by atoms with Crippen molar-refractivity contribution in [3.63, 3.8) is 0 Å². The van der Waals surface area contributed by atoms with Crippen molar-refractivity contribution in [1.29, 1.82) is 0 Å². The van der Waals surface area contributed by atoms with Gasteiger partial charge in [0.25, 0.3) is 0 Å². The van der Waals surface area contributed by atoms with Crippen LogP contribution in [0.2, 0.25) is 0 Å². The normalized spacial score (nSPS) is 15.1. The number of carbonyl (C=O) groups excluding carboxylic acids is 2. The van der Waals surface area contributed by atoms with E-state index in [1.807, 2.05) is 6.07 Å². The van der Waals surface area contributed by atoms with E-state index in [9.17, 15) is 27.9 Å². The number of alkyl halides is 3. The molecule has 0 aromatic heterocycles. The number of hydrogen-bond donors (Lipinski definition) is 3. The zero-order valence-electron chi connectivity index (χ0n) is 16.3. The molecule has 6 nitrogen and oxygen atoms in total. The molecule has 0 radical (unpaired) electrons. The molecule has 0 bridgehead atoms. The number of halogens is 3. The molecule has 0 aliphatic heterocycles. The molecule has 0 unspecified atom stereocenters. The molecule has 158 valence electrons. The predicted octanol–water partition coefficient (Wildman–Crippen LogP) is 3.00. The van der Waals surface area contributed by atoms with Crippen molar-refractivity contribution in [2.75, 3.05) is 0 Å². The predicted molar refractivity (Wildman–Crippen MR) is 97.2 cm³/mol. The summed E-state index contributed by atoms with van der Waals surface area (Å²) in [5.41, 5.74) is 0.747. The van der Waals surface area contributed by atoms with E-state index in [0.29, 0.717) is 0 Å². The van der Waals surface area contributed by atoms with Gasteiger partial charge in [0.05, 0.1) is 6.04 Å². The maximum Gasteiger partial charge on any atom is 0.416 e. The van der Waals surface area contributed by atoms with Gasteiger partial charge in [-0.3, -0.25) is 4.79 Å². The van der Waals surface area contributed by atoms with Crippen molar-refractivity contribution in [2.45, 2.75) is 58.7 Å². The van der Waals surface area contributed by atoms with Crippen LogP contribution in [0.25, 0.3) is 0 Å². The van der Waals surface area contributed by atoms with Crippen LogP contribution >= 0.6 is 0 Å². The van der Waals surface area contributed by atoms with Crippen LogP contribution in [0.5, 0.6) is 0 Å². The number of ether oxygens (including phenoxy) is 1. The van der Waals surface area contributed by atoms with Gasteiger partial charge in [-0.25, -0.2) is 4.79 Å². The monoisotopic (exact) mass is 404 g/mol. The Bertz CT molecular complexity index is 636. The lowest BCUT2D eigenvalue weighted by molar-refractivity contribution is -0.215. The van der Waals surface area contributed by atoms with Crippen molar-refractivity contribution in [2.24, 2.45) is 11.8 Å². The standard InChI is InChI=1S/C19H27F3N2O4/c1-11(2)14(16(25)19(20,21)22)23-17(26)15(12(3)4)24-18(27)28-10-13-8-6-5-7-9-13/h5-9,11-12,14-16,25H,10H2,1-4H3,(H,23,26)(H,24,27)/t14-,15-,16-/m0/s1. The lowest BCUT2D eigenvalue weighted by Gasteiger charge is -2.31. The summed E-state index contributed by atoms with van der Waals surface area (Å²) in [5, 5.41) is 14.1. The maximum atomic E-state index is 12.9. The number of alkyl carbamates (subject to hydrolysis) is 1. The second kappa shape index (κ2) is 10.3. The van der Waals surface area contributed by atoms with Crippen LogP contribution in [0.15, 0.2) is 30.3 Å². The number of nitrogens with one attached hydrogen (secondary N) is 2. The fourth-order valence-electron chi connectivity index (χ4n) is 2.49.